The first-order chi connectivity index (χ1) is 4.47. The maximum Gasteiger partial charge on any atom is 0.0426 e. The van der Waals surface area contributed by atoms with E-state index in [1.807, 2.05) is 11.3 Å². The molecule has 0 bridgehead atoms. The molecule has 0 aromatic carbocycles. The third-order valence-corrected chi connectivity index (χ3v) is 2.70. The predicted octanol–water partition coefficient (Wildman–Crippen LogP) is 1.78. The van der Waals surface area contributed by atoms with E-state index in [4.69, 9.17) is 0 Å². The Bertz CT molecular complexity index is 177. The van der Waals surface area contributed by atoms with Crippen LogP contribution in [0.4, 0.5) is 0 Å². The summed E-state index contributed by atoms with van der Waals surface area (Å²) < 4.78 is 0. The molecule has 0 saturated carbocycles. The van der Waals surface area contributed by atoms with Gasteiger partial charge in [-0.25, -0.2) is 0 Å². The zero-order chi connectivity index (χ0) is 6.10. The van der Waals surface area contributed by atoms with Crippen molar-refractivity contribution in [1.82, 2.24) is 5.32 Å². The molecule has 2 heteroatoms. The van der Waals surface area contributed by atoms with Gasteiger partial charge in [0.1, 0.15) is 0 Å². The summed E-state index contributed by atoms with van der Waals surface area (Å²) in [5.74, 6) is 0. The smallest absolute Gasteiger partial charge is 0.0426 e. The number of rotatable bonds is 1. The first-order valence-electron chi connectivity index (χ1n) is 3.23. The minimum absolute atomic E-state index is 0.685. The normalized spacial score (nSPS) is 25.6. The molecule has 1 aliphatic heterocycles. The van der Waals surface area contributed by atoms with Crippen LogP contribution in [0.1, 0.15) is 17.3 Å². The Morgan fingerprint density at radius 1 is 1.67 bits per heavy atom. The van der Waals surface area contributed by atoms with Crippen molar-refractivity contribution in [3.05, 3.63) is 22.4 Å². The van der Waals surface area contributed by atoms with Crippen LogP contribution in [0.15, 0.2) is 17.5 Å². The molecule has 1 aromatic rings. The fourth-order valence-electron chi connectivity index (χ4n) is 1.02. The van der Waals surface area contributed by atoms with Crippen LogP contribution >= 0.6 is 11.3 Å². The summed E-state index contributed by atoms with van der Waals surface area (Å²) in [6.45, 7) is 1.20. The van der Waals surface area contributed by atoms with Crippen molar-refractivity contribution in [2.24, 2.45) is 0 Å². The minimum atomic E-state index is 0.685. The van der Waals surface area contributed by atoms with E-state index in [1.165, 1.54) is 17.8 Å². The molecule has 1 saturated heterocycles. The van der Waals surface area contributed by atoms with Crippen LogP contribution in [0.2, 0.25) is 0 Å². The van der Waals surface area contributed by atoms with E-state index in [0.29, 0.717) is 6.04 Å². The van der Waals surface area contributed by atoms with Gasteiger partial charge in [-0.2, -0.15) is 0 Å². The molecule has 48 valence electrons. The van der Waals surface area contributed by atoms with Crippen molar-refractivity contribution >= 4 is 11.3 Å². The molecule has 0 amide bonds. The molecular formula is C7H9NS. The maximum absolute atomic E-state index is 3.36. The monoisotopic (exact) mass is 139 g/mol. The lowest BCUT2D eigenvalue weighted by atomic mass is 10.1. The summed E-state index contributed by atoms with van der Waals surface area (Å²) in [7, 11) is 0. The third kappa shape index (κ3) is 0.884. The predicted molar refractivity (Wildman–Crippen MR) is 39.7 cm³/mol. The Morgan fingerprint density at radius 3 is 3.00 bits per heavy atom. The summed E-state index contributed by atoms with van der Waals surface area (Å²) in [5, 5.41) is 5.49. The topological polar surface area (TPSA) is 12.0 Å². The molecule has 0 aliphatic carbocycles. The summed E-state index contributed by atoms with van der Waals surface area (Å²) >= 11 is 1.84. The van der Waals surface area contributed by atoms with E-state index in [-0.39, 0.29) is 0 Å². The zero-order valence-electron chi connectivity index (χ0n) is 5.13. The molecule has 1 aromatic heterocycles. The lowest BCUT2D eigenvalue weighted by Gasteiger charge is -2.26. The lowest BCUT2D eigenvalue weighted by molar-refractivity contribution is 0.389. The second-order valence-corrected chi connectivity index (χ2v) is 3.29. The first-order valence-corrected chi connectivity index (χ1v) is 4.11. The number of nitrogens with one attached hydrogen (secondary N) is 1. The van der Waals surface area contributed by atoms with E-state index in [9.17, 15) is 0 Å². The average molecular weight is 139 g/mol. The highest BCUT2D eigenvalue weighted by Gasteiger charge is 2.18. The fraction of sp³-hybridized carbons (Fsp3) is 0.429. The number of thiophene rings is 1. The summed E-state index contributed by atoms with van der Waals surface area (Å²) in [4.78, 5) is 1.49. The van der Waals surface area contributed by atoms with Crippen LogP contribution in [0.5, 0.6) is 0 Å². The van der Waals surface area contributed by atoms with Gasteiger partial charge in [-0.05, 0) is 24.4 Å². The second-order valence-electron chi connectivity index (χ2n) is 2.31. The Labute approximate surface area is 58.7 Å². The van der Waals surface area contributed by atoms with Crippen molar-refractivity contribution in [2.75, 3.05) is 6.54 Å². The van der Waals surface area contributed by atoms with E-state index >= 15 is 0 Å². The van der Waals surface area contributed by atoms with Crippen molar-refractivity contribution < 1.29 is 0 Å². The molecule has 1 N–H and O–H groups in total. The van der Waals surface area contributed by atoms with Crippen LogP contribution in [-0.4, -0.2) is 6.54 Å². The van der Waals surface area contributed by atoms with Gasteiger partial charge in [-0.1, -0.05) is 6.07 Å². The lowest BCUT2D eigenvalue weighted by Crippen LogP contribution is -2.34. The highest BCUT2D eigenvalue weighted by atomic mass is 32.1. The molecule has 1 atom stereocenters. The second kappa shape index (κ2) is 2.12. The van der Waals surface area contributed by atoms with Crippen molar-refractivity contribution in [1.29, 1.82) is 0 Å². The maximum atomic E-state index is 3.36. The van der Waals surface area contributed by atoms with Crippen molar-refractivity contribution in [3.8, 4) is 0 Å². The van der Waals surface area contributed by atoms with Gasteiger partial charge in [0.25, 0.3) is 0 Å². The first kappa shape index (κ1) is 5.45. The molecular weight excluding hydrogens is 130 g/mol. The SMILES string of the molecule is c1csc([C@H]2CCN2)c1. The molecule has 0 spiro atoms. The Balaban J connectivity index is 2.14. The molecule has 1 fully saturated rings. The molecule has 0 radical (unpaired) electrons. The van der Waals surface area contributed by atoms with Crippen LogP contribution in [-0.2, 0) is 0 Å². The van der Waals surface area contributed by atoms with Gasteiger partial charge in [-0.15, -0.1) is 11.3 Å². The van der Waals surface area contributed by atoms with Crippen LogP contribution in [0.25, 0.3) is 0 Å². The van der Waals surface area contributed by atoms with Gasteiger partial charge in [0.05, 0.1) is 0 Å². The molecule has 2 rings (SSSR count). The molecule has 0 unspecified atom stereocenters. The zero-order valence-corrected chi connectivity index (χ0v) is 5.95. The summed E-state index contributed by atoms with van der Waals surface area (Å²) in [5.41, 5.74) is 0. The van der Waals surface area contributed by atoms with Gasteiger partial charge < -0.3 is 5.32 Å². The highest BCUT2D eigenvalue weighted by Crippen LogP contribution is 2.26. The van der Waals surface area contributed by atoms with Crippen molar-refractivity contribution in [2.45, 2.75) is 12.5 Å². The molecule has 2 heterocycles. The van der Waals surface area contributed by atoms with Gasteiger partial charge in [0.15, 0.2) is 0 Å². The molecule has 1 nitrogen and oxygen atoms in total. The average Bonchev–Trinajstić information content (AvgIpc) is 2.11. The number of hydrogen-bond donors (Lipinski definition) is 1. The third-order valence-electron chi connectivity index (χ3n) is 1.71. The van der Waals surface area contributed by atoms with Gasteiger partial charge in [0, 0.05) is 10.9 Å². The summed E-state index contributed by atoms with van der Waals surface area (Å²) in [6.07, 6.45) is 1.32. The Hall–Kier alpha value is -0.340. The fourth-order valence-corrected chi connectivity index (χ4v) is 1.86. The number of hydrogen-bond acceptors (Lipinski definition) is 2. The van der Waals surface area contributed by atoms with Crippen LogP contribution in [0.3, 0.4) is 0 Å². The van der Waals surface area contributed by atoms with Crippen molar-refractivity contribution in [3.63, 3.8) is 0 Å². The summed E-state index contributed by atoms with van der Waals surface area (Å²) in [6, 6.07) is 4.99. The van der Waals surface area contributed by atoms with E-state index in [0.717, 1.165) is 0 Å². The largest absolute Gasteiger partial charge is 0.309 e. The minimum Gasteiger partial charge on any atom is -0.309 e. The van der Waals surface area contributed by atoms with Crippen LogP contribution < -0.4 is 5.32 Å². The van der Waals surface area contributed by atoms with Crippen LogP contribution in [0, 0.1) is 0 Å². The van der Waals surface area contributed by atoms with Gasteiger partial charge in [-0.3, -0.25) is 0 Å². The van der Waals surface area contributed by atoms with E-state index < -0.39 is 0 Å². The van der Waals surface area contributed by atoms with Gasteiger partial charge in [0.2, 0.25) is 0 Å². The quantitative estimate of drug-likeness (QED) is 0.625. The van der Waals surface area contributed by atoms with Gasteiger partial charge >= 0.3 is 0 Å². The molecule has 9 heavy (non-hydrogen) atoms. The molecule has 1 aliphatic rings. The van der Waals surface area contributed by atoms with E-state index in [2.05, 4.69) is 22.8 Å². The standard InChI is InChI=1S/C7H9NS/c1-2-7(9-5-1)6-3-4-8-6/h1-2,5-6,8H,3-4H2/t6-/m1/s1. The highest BCUT2D eigenvalue weighted by molar-refractivity contribution is 7.10. The Kier molecular flexibility index (Phi) is 1.28. The van der Waals surface area contributed by atoms with E-state index in [1.54, 1.807) is 0 Å². The Morgan fingerprint density at radius 2 is 2.56 bits per heavy atom.